The molecule has 32 heavy (non-hydrogen) atoms. The summed E-state index contributed by atoms with van der Waals surface area (Å²) in [5.41, 5.74) is 6.23. The zero-order chi connectivity index (χ0) is 22.5. The lowest BCUT2D eigenvalue weighted by molar-refractivity contribution is -0.141. The molecule has 0 bridgehead atoms. The first-order chi connectivity index (χ1) is 15.5. The Morgan fingerprint density at radius 3 is 1.84 bits per heavy atom. The molecular formula is C24H27N3O5. The molecule has 0 spiro atoms. The van der Waals surface area contributed by atoms with Gasteiger partial charge in [0, 0.05) is 43.2 Å². The molecule has 0 atom stereocenters. The molecule has 0 aromatic heterocycles. The third-order valence-corrected chi connectivity index (χ3v) is 5.93. The second-order valence-corrected chi connectivity index (χ2v) is 8.02. The van der Waals surface area contributed by atoms with Gasteiger partial charge in [-0.05, 0) is 61.4 Å². The van der Waals surface area contributed by atoms with Crippen molar-refractivity contribution in [3.8, 4) is 11.5 Å². The zero-order valence-electron chi connectivity index (χ0n) is 17.9. The number of rotatable bonds is 5. The van der Waals surface area contributed by atoms with Gasteiger partial charge in [-0.25, -0.2) is 0 Å². The number of hydrogen-bond donors (Lipinski definition) is 1. The van der Waals surface area contributed by atoms with E-state index in [0.29, 0.717) is 74.9 Å². The smallest absolute Gasteiger partial charge is 0.253 e. The molecule has 0 radical (unpaired) electrons. The lowest BCUT2D eigenvalue weighted by Crippen LogP contribution is -2.47. The molecular weight excluding hydrogens is 410 g/mol. The quantitative estimate of drug-likeness (QED) is 0.773. The van der Waals surface area contributed by atoms with E-state index in [-0.39, 0.29) is 17.7 Å². The molecule has 2 aliphatic heterocycles. The van der Waals surface area contributed by atoms with Gasteiger partial charge >= 0.3 is 0 Å². The standard InChI is InChI=1S/C24H27N3O5/c25-22(28)17-1-5-20(6-2-17)32-21-7-3-18(4-8-21)23(29)26-11-9-19(10-12-26)24(30)27-13-15-31-16-14-27/h1-8,19H,9-16H2,(H2,25,28). The van der Waals surface area contributed by atoms with Gasteiger partial charge in [-0.15, -0.1) is 0 Å². The largest absolute Gasteiger partial charge is 0.457 e. The van der Waals surface area contributed by atoms with Gasteiger partial charge in [0.05, 0.1) is 13.2 Å². The number of amides is 3. The Morgan fingerprint density at radius 2 is 1.31 bits per heavy atom. The first-order valence-corrected chi connectivity index (χ1v) is 10.8. The molecule has 4 rings (SSSR count). The van der Waals surface area contributed by atoms with Gasteiger partial charge in [-0.1, -0.05) is 0 Å². The summed E-state index contributed by atoms with van der Waals surface area (Å²) in [7, 11) is 0. The van der Waals surface area contributed by atoms with E-state index in [1.165, 1.54) is 0 Å². The Morgan fingerprint density at radius 1 is 0.781 bits per heavy atom. The molecule has 2 N–H and O–H groups in total. The normalized spacial score (nSPS) is 17.1. The molecule has 0 unspecified atom stereocenters. The number of hydrogen-bond acceptors (Lipinski definition) is 5. The average molecular weight is 437 g/mol. The Labute approximate surface area is 186 Å². The van der Waals surface area contributed by atoms with Crippen LogP contribution in [0, 0.1) is 5.92 Å². The van der Waals surface area contributed by atoms with E-state index in [1.807, 2.05) is 9.80 Å². The number of benzene rings is 2. The maximum atomic E-state index is 12.9. The molecule has 2 saturated heterocycles. The Balaban J connectivity index is 1.30. The molecule has 2 aromatic rings. The van der Waals surface area contributed by atoms with Gasteiger partial charge in [0.25, 0.3) is 5.91 Å². The van der Waals surface area contributed by atoms with Crippen LogP contribution < -0.4 is 10.5 Å². The van der Waals surface area contributed by atoms with E-state index in [2.05, 4.69) is 0 Å². The summed E-state index contributed by atoms with van der Waals surface area (Å²) >= 11 is 0. The van der Waals surface area contributed by atoms with Crippen molar-refractivity contribution in [3.05, 3.63) is 59.7 Å². The molecule has 2 fully saturated rings. The van der Waals surface area contributed by atoms with E-state index >= 15 is 0 Å². The fraction of sp³-hybridized carbons (Fsp3) is 0.375. The summed E-state index contributed by atoms with van der Waals surface area (Å²) in [5.74, 6) is 0.789. The summed E-state index contributed by atoms with van der Waals surface area (Å²) in [6.07, 6.45) is 1.37. The van der Waals surface area contributed by atoms with Crippen LogP contribution in [0.1, 0.15) is 33.6 Å². The third kappa shape index (κ3) is 5.08. The number of nitrogens with two attached hydrogens (primary N) is 1. The Kier molecular flexibility index (Phi) is 6.70. The van der Waals surface area contributed by atoms with E-state index in [0.717, 1.165) is 0 Å². The highest BCUT2D eigenvalue weighted by atomic mass is 16.5. The van der Waals surface area contributed by atoms with Crippen molar-refractivity contribution in [2.24, 2.45) is 11.7 Å². The zero-order valence-corrected chi connectivity index (χ0v) is 17.9. The van der Waals surface area contributed by atoms with E-state index < -0.39 is 5.91 Å². The van der Waals surface area contributed by atoms with Crippen LogP contribution in [0.25, 0.3) is 0 Å². The summed E-state index contributed by atoms with van der Waals surface area (Å²) in [6, 6.07) is 13.5. The number of morpholine rings is 1. The van der Waals surface area contributed by atoms with Crippen molar-refractivity contribution in [1.29, 1.82) is 0 Å². The van der Waals surface area contributed by atoms with Gasteiger partial charge in [-0.3, -0.25) is 14.4 Å². The molecule has 0 aliphatic carbocycles. The number of likely N-dealkylation sites (tertiary alicyclic amines) is 1. The molecule has 2 aromatic carbocycles. The number of primary amides is 1. The molecule has 168 valence electrons. The fourth-order valence-electron chi connectivity index (χ4n) is 4.04. The second-order valence-electron chi connectivity index (χ2n) is 8.02. The average Bonchev–Trinajstić information content (AvgIpc) is 2.84. The first kappa shape index (κ1) is 21.8. The predicted octanol–water partition coefficient (Wildman–Crippen LogP) is 2.29. The van der Waals surface area contributed by atoms with Crippen LogP contribution in [0.4, 0.5) is 0 Å². The second kappa shape index (κ2) is 9.82. The van der Waals surface area contributed by atoms with Crippen LogP contribution in [0.15, 0.2) is 48.5 Å². The van der Waals surface area contributed by atoms with Gasteiger partial charge in [0.15, 0.2) is 0 Å². The number of nitrogens with zero attached hydrogens (tertiary/aromatic N) is 2. The number of carbonyl (C=O) groups excluding carboxylic acids is 3. The van der Waals surface area contributed by atoms with Crippen molar-refractivity contribution in [2.45, 2.75) is 12.8 Å². The number of ether oxygens (including phenoxy) is 2. The number of piperidine rings is 1. The van der Waals surface area contributed by atoms with Gasteiger partial charge in [0.1, 0.15) is 11.5 Å². The predicted molar refractivity (Wildman–Crippen MR) is 118 cm³/mol. The summed E-state index contributed by atoms with van der Waals surface area (Å²) < 4.78 is 11.1. The molecule has 0 saturated carbocycles. The van der Waals surface area contributed by atoms with Crippen LogP contribution in [0.2, 0.25) is 0 Å². The summed E-state index contributed by atoms with van der Waals surface area (Å²) in [6.45, 7) is 3.65. The highest BCUT2D eigenvalue weighted by molar-refractivity contribution is 5.94. The monoisotopic (exact) mass is 437 g/mol. The SMILES string of the molecule is NC(=O)c1ccc(Oc2ccc(C(=O)N3CCC(C(=O)N4CCOCC4)CC3)cc2)cc1. The molecule has 3 amide bonds. The fourth-order valence-corrected chi connectivity index (χ4v) is 4.04. The molecule has 2 heterocycles. The number of carbonyl (C=O) groups is 3. The van der Waals surface area contributed by atoms with Crippen molar-refractivity contribution in [3.63, 3.8) is 0 Å². The van der Waals surface area contributed by atoms with Crippen LogP contribution in [-0.4, -0.2) is 66.9 Å². The maximum absolute atomic E-state index is 12.9. The van der Waals surface area contributed by atoms with Crippen molar-refractivity contribution in [2.75, 3.05) is 39.4 Å². The topological polar surface area (TPSA) is 102 Å². The summed E-state index contributed by atoms with van der Waals surface area (Å²) in [4.78, 5) is 40.4. The van der Waals surface area contributed by atoms with Crippen LogP contribution in [-0.2, 0) is 9.53 Å². The van der Waals surface area contributed by atoms with E-state index in [9.17, 15) is 14.4 Å². The first-order valence-electron chi connectivity index (χ1n) is 10.8. The summed E-state index contributed by atoms with van der Waals surface area (Å²) in [5, 5.41) is 0. The molecule has 8 nitrogen and oxygen atoms in total. The van der Waals surface area contributed by atoms with Crippen LogP contribution >= 0.6 is 0 Å². The van der Waals surface area contributed by atoms with Crippen molar-refractivity contribution in [1.82, 2.24) is 9.80 Å². The van der Waals surface area contributed by atoms with Crippen molar-refractivity contribution < 1.29 is 23.9 Å². The van der Waals surface area contributed by atoms with Crippen molar-refractivity contribution >= 4 is 17.7 Å². The van der Waals surface area contributed by atoms with Crippen LogP contribution in [0.3, 0.4) is 0 Å². The lowest BCUT2D eigenvalue weighted by Gasteiger charge is -2.35. The lowest BCUT2D eigenvalue weighted by atomic mass is 9.94. The highest BCUT2D eigenvalue weighted by Gasteiger charge is 2.31. The van der Waals surface area contributed by atoms with Crippen LogP contribution in [0.5, 0.6) is 11.5 Å². The van der Waals surface area contributed by atoms with Gasteiger partial charge in [0.2, 0.25) is 11.8 Å². The molecule has 8 heteroatoms. The minimum Gasteiger partial charge on any atom is -0.457 e. The Hall–Kier alpha value is -3.39. The minimum atomic E-state index is -0.492. The van der Waals surface area contributed by atoms with E-state index in [4.69, 9.17) is 15.2 Å². The Bertz CT molecular complexity index is 960. The third-order valence-electron chi connectivity index (χ3n) is 5.93. The van der Waals surface area contributed by atoms with Gasteiger partial charge in [-0.2, -0.15) is 0 Å². The highest BCUT2D eigenvalue weighted by Crippen LogP contribution is 2.25. The molecule has 2 aliphatic rings. The van der Waals surface area contributed by atoms with Gasteiger partial charge < -0.3 is 25.0 Å². The minimum absolute atomic E-state index is 0.0196. The van der Waals surface area contributed by atoms with E-state index in [1.54, 1.807) is 48.5 Å². The maximum Gasteiger partial charge on any atom is 0.253 e.